The highest BCUT2D eigenvalue weighted by Crippen LogP contribution is 2.55. The Hall–Kier alpha value is -5.12. The fraction of sp³-hybridized carbons (Fsp3) is 0.367. The number of hydrogen-bond donors (Lipinski definition) is 0. The predicted molar refractivity (Wildman–Crippen MR) is 272 cm³/mol. The zero-order valence-electron chi connectivity index (χ0n) is 38.9. The van der Waals surface area contributed by atoms with Crippen molar-refractivity contribution in [3.8, 4) is 44.5 Å². The molecular weight excluding hydrogens is 781 g/mol. The van der Waals surface area contributed by atoms with Gasteiger partial charge in [0.2, 0.25) is 0 Å². The zero-order chi connectivity index (χ0) is 43.6. The highest BCUT2D eigenvalue weighted by Gasteiger charge is 2.39. The summed E-state index contributed by atoms with van der Waals surface area (Å²) in [4.78, 5) is 0. The van der Waals surface area contributed by atoms with Crippen LogP contribution in [0.15, 0.2) is 109 Å². The molecule has 8 aromatic rings. The predicted octanol–water partition coefficient (Wildman–Crippen LogP) is 17.5. The van der Waals surface area contributed by atoms with E-state index in [0.717, 1.165) is 35.0 Å². The molecule has 63 heavy (non-hydrogen) atoms. The Labute approximate surface area is 380 Å². The molecule has 0 amide bonds. The number of hydrogen-bond acceptors (Lipinski definition) is 3. The van der Waals surface area contributed by atoms with Crippen molar-refractivity contribution in [2.75, 3.05) is 0 Å². The second-order valence-corrected chi connectivity index (χ2v) is 20.7. The van der Waals surface area contributed by atoms with Gasteiger partial charge >= 0.3 is 0 Å². The summed E-state index contributed by atoms with van der Waals surface area (Å²) in [5.74, 6) is 1.43. The van der Waals surface area contributed by atoms with Gasteiger partial charge in [0.15, 0.2) is 0 Å². The van der Waals surface area contributed by atoms with Crippen LogP contribution in [-0.4, -0.2) is 8.75 Å². The maximum absolute atomic E-state index is 5.02. The highest BCUT2D eigenvalue weighted by molar-refractivity contribution is 7.00. The van der Waals surface area contributed by atoms with E-state index >= 15 is 0 Å². The Balaban J connectivity index is 1.02. The summed E-state index contributed by atoms with van der Waals surface area (Å²) in [5.41, 5.74) is 20.8. The van der Waals surface area contributed by atoms with Crippen molar-refractivity contribution in [3.05, 3.63) is 143 Å². The lowest BCUT2D eigenvalue weighted by Crippen LogP contribution is -2.16. The molecule has 0 saturated heterocycles. The Morgan fingerprint density at radius 2 is 0.857 bits per heavy atom. The normalized spacial score (nSPS) is 15.4. The van der Waals surface area contributed by atoms with Crippen LogP contribution in [0, 0.1) is 11.8 Å². The third-order valence-corrected chi connectivity index (χ3v) is 16.2. The minimum Gasteiger partial charge on any atom is -0.172 e. The van der Waals surface area contributed by atoms with Crippen LogP contribution in [0.1, 0.15) is 140 Å². The SMILES string of the molecule is CCCCC(CC)Cc1cc2c(c3ccccc13)-c1ccc(-c3ccc(-c4ccc5c(c4)C(C)(C)c4cc(CC(CC)CCCC)c6ccccc6c4-5)c4nsnc34)cc1C2(C)C. The van der Waals surface area contributed by atoms with E-state index in [4.69, 9.17) is 8.75 Å². The maximum atomic E-state index is 5.02. The van der Waals surface area contributed by atoms with Gasteiger partial charge < -0.3 is 0 Å². The molecule has 0 radical (unpaired) electrons. The van der Waals surface area contributed by atoms with Gasteiger partial charge in [-0.05, 0) is 125 Å². The topological polar surface area (TPSA) is 25.8 Å². The Morgan fingerprint density at radius 1 is 0.460 bits per heavy atom. The van der Waals surface area contributed by atoms with Crippen molar-refractivity contribution >= 4 is 44.3 Å². The first-order chi connectivity index (χ1) is 30.6. The van der Waals surface area contributed by atoms with Gasteiger partial charge in [0, 0.05) is 22.0 Å². The van der Waals surface area contributed by atoms with Crippen LogP contribution in [-0.2, 0) is 23.7 Å². The monoisotopic (exact) mass is 844 g/mol. The number of fused-ring (bicyclic) bond motifs is 11. The molecule has 320 valence electrons. The van der Waals surface area contributed by atoms with Crippen LogP contribution in [0.2, 0.25) is 0 Å². The third-order valence-electron chi connectivity index (χ3n) is 15.7. The van der Waals surface area contributed by atoms with Gasteiger partial charge in [-0.25, -0.2) is 0 Å². The van der Waals surface area contributed by atoms with Crippen molar-refractivity contribution in [1.29, 1.82) is 0 Å². The van der Waals surface area contributed by atoms with Crippen molar-refractivity contribution in [2.24, 2.45) is 11.8 Å². The van der Waals surface area contributed by atoms with Crippen molar-refractivity contribution in [2.45, 2.75) is 130 Å². The molecule has 0 spiro atoms. The van der Waals surface area contributed by atoms with E-state index in [1.807, 2.05) is 0 Å². The molecule has 2 atom stereocenters. The molecular formula is C60H64N2S. The second-order valence-electron chi connectivity index (χ2n) is 20.1. The minimum absolute atomic E-state index is 0.127. The molecule has 2 unspecified atom stereocenters. The van der Waals surface area contributed by atoms with Crippen molar-refractivity contribution < 1.29 is 0 Å². The van der Waals surface area contributed by atoms with E-state index in [1.165, 1.54) is 151 Å². The molecule has 7 aromatic carbocycles. The zero-order valence-corrected chi connectivity index (χ0v) is 39.7. The van der Waals surface area contributed by atoms with E-state index in [9.17, 15) is 0 Å². The molecule has 0 N–H and O–H groups in total. The molecule has 2 aliphatic rings. The van der Waals surface area contributed by atoms with E-state index in [0.29, 0.717) is 11.8 Å². The smallest absolute Gasteiger partial charge is 0.113 e. The fourth-order valence-corrected chi connectivity index (χ4v) is 12.4. The van der Waals surface area contributed by atoms with E-state index in [2.05, 4.69) is 165 Å². The van der Waals surface area contributed by atoms with Crippen LogP contribution < -0.4 is 0 Å². The summed E-state index contributed by atoms with van der Waals surface area (Å²) in [6.07, 6.45) is 12.5. The number of rotatable bonds is 14. The largest absolute Gasteiger partial charge is 0.172 e. The van der Waals surface area contributed by atoms with Gasteiger partial charge in [-0.1, -0.05) is 204 Å². The van der Waals surface area contributed by atoms with Crippen LogP contribution in [0.25, 0.3) is 77.1 Å². The number of aromatic nitrogens is 2. The summed E-state index contributed by atoms with van der Waals surface area (Å²) in [6.45, 7) is 19.1. The van der Waals surface area contributed by atoms with Crippen LogP contribution in [0.3, 0.4) is 0 Å². The Morgan fingerprint density at radius 3 is 1.25 bits per heavy atom. The average Bonchev–Trinajstić information content (AvgIpc) is 3.95. The summed E-state index contributed by atoms with van der Waals surface area (Å²) in [7, 11) is 0. The molecule has 3 heteroatoms. The first kappa shape index (κ1) is 41.9. The van der Waals surface area contributed by atoms with Crippen molar-refractivity contribution in [1.82, 2.24) is 8.75 Å². The lowest BCUT2D eigenvalue weighted by molar-refractivity contribution is 0.450. The van der Waals surface area contributed by atoms with E-state index in [-0.39, 0.29) is 10.8 Å². The third kappa shape index (κ3) is 6.87. The molecule has 0 aliphatic heterocycles. The van der Waals surface area contributed by atoms with Crippen LogP contribution in [0.4, 0.5) is 0 Å². The molecule has 0 fully saturated rings. The number of nitrogens with zero attached hydrogens (tertiary/aromatic N) is 2. The van der Waals surface area contributed by atoms with Crippen molar-refractivity contribution in [3.63, 3.8) is 0 Å². The van der Waals surface area contributed by atoms with Gasteiger partial charge in [0.1, 0.15) is 11.0 Å². The molecule has 1 aromatic heterocycles. The van der Waals surface area contributed by atoms with E-state index < -0.39 is 0 Å². The number of unbranched alkanes of at least 4 members (excludes halogenated alkanes) is 2. The lowest BCUT2D eigenvalue weighted by atomic mass is 9.79. The molecule has 1 heterocycles. The quantitative estimate of drug-likeness (QED) is 0.109. The first-order valence-corrected chi connectivity index (χ1v) is 25.0. The second kappa shape index (κ2) is 16.5. The summed E-state index contributed by atoms with van der Waals surface area (Å²) < 4.78 is 10.0. The molecule has 0 saturated carbocycles. The van der Waals surface area contributed by atoms with Gasteiger partial charge in [0.25, 0.3) is 0 Å². The van der Waals surface area contributed by atoms with Gasteiger partial charge in [0.05, 0.1) is 11.7 Å². The van der Waals surface area contributed by atoms with Crippen LogP contribution in [0.5, 0.6) is 0 Å². The first-order valence-electron chi connectivity index (χ1n) is 24.2. The summed E-state index contributed by atoms with van der Waals surface area (Å²) in [5, 5.41) is 5.63. The minimum atomic E-state index is -0.127. The maximum Gasteiger partial charge on any atom is 0.113 e. The molecule has 10 rings (SSSR count). The summed E-state index contributed by atoms with van der Waals surface area (Å²) in [6, 6.07) is 42.5. The molecule has 2 aliphatic carbocycles. The molecule has 0 bridgehead atoms. The van der Waals surface area contributed by atoms with Crippen LogP contribution >= 0.6 is 11.7 Å². The number of benzene rings is 7. The summed E-state index contributed by atoms with van der Waals surface area (Å²) >= 11 is 1.33. The standard InChI is InChI=1S/C60H64N2S/c1-9-13-19-37(11-3)31-41-35-53-55(47-23-17-15-21-43(41)47)49-27-25-39(33-51(49)59(53,5)6)45-29-30-46(58-57(45)61-63-62-58)40-26-28-50-52(34-40)60(7,8)54-36-42(32-38(12-4)20-14-10-2)44-22-16-18-24-48(44)56(50)54/h15-18,21-30,33-38H,9-14,19-20,31-32H2,1-8H3. The fourth-order valence-electron chi connectivity index (χ4n) is 11.8. The van der Waals surface area contributed by atoms with Gasteiger partial charge in [-0.2, -0.15) is 8.75 Å². The van der Waals surface area contributed by atoms with E-state index in [1.54, 1.807) is 0 Å². The van der Waals surface area contributed by atoms with Gasteiger partial charge in [-0.15, -0.1) is 0 Å². The average molecular weight is 845 g/mol. The Kier molecular flexibility index (Phi) is 10.9. The molecule has 2 nitrogen and oxygen atoms in total. The highest BCUT2D eigenvalue weighted by atomic mass is 32.1. The lowest BCUT2D eigenvalue weighted by Gasteiger charge is -2.24. The van der Waals surface area contributed by atoms with Gasteiger partial charge in [-0.3, -0.25) is 0 Å². The Bertz CT molecular complexity index is 2830.